The Morgan fingerprint density at radius 2 is 1.53 bits per heavy atom. The number of halogens is 2. The van der Waals surface area contributed by atoms with E-state index < -0.39 is 30.9 Å². The minimum absolute atomic E-state index is 0.218. The van der Waals surface area contributed by atoms with Gasteiger partial charge < -0.3 is 0 Å². The van der Waals surface area contributed by atoms with Crippen molar-refractivity contribution in [3.05, 3.63) is 56.8 Å². The number of fused-ring (bicyclic) bond motifs is 2. The van der Waals surface area contributed by atoms with Crippen molar-refractivity contribution in [3.63, 3.8) is 0 Å². The third-order valence-corrected chi connectivity index (χ3v) is 10.0. The van der Waals surface area contributed by atoms with E-state index in [1.807, 2.05) is 46.8 Å². The molecule has 0 amide bonds. The average molecular weight is 602 g/mol. The van der Waals surface area contributed by atoms with Gasteiger partial charge in [0.1, 0.15) is 5.82 Å². The average Bonchev–Trinajstić information content (AvgIpc) is 3.27. The first kappa shape index (κ1) is 27.4. The highest BCUT2D eigenvalue weighted by molar-refractivity contribution is 9.10. The number of benzene rings is 2. The van der Waals surface area contributed by atoms with Crippen molar-refractivity contribution in [3.8, 4) is 0 Å². The molecule has 2 aromatic carbocycles. The number of hydrogen-bond acceptors (Lipinski definition) is 4. The second-order valence-electron chi connectivity index (χ2n) is 11.8. The van der Waals surface area contributed by atoms with Crippen LogP contribution in [0.2, 0.25) is 0 Å². The van der Waals surface area contributed by atoms with Crippen LogP contribution in [-0.2, 0) is 37.3 Å². The molecular weight excluding hydrogens is 567 g/mol. The molecule has 0 aromatic heterocycles. The lowest BCUT2D eigenvalue weighted by Gasteiger charge is -2.33. The summed E-state index contributed by atoms with van der Waals surface area (Å²) < 4.78 is 69.5. The summed E-state index contributed by atoms with van der Waals surface area (Å²) in [7, 11) is -7.06. The molecule has 0 radical (unpaired) electrons. The standard InChI is InChI=1S/C26H34BrFN2O4S2/c1-25(2,3)21-13-19(28)12-20-17(15-30(24(20)21)36(7,33)34)14-26(4,5)22-11-18(27)10-16-8-9-29(23(16)22)35(6,31)32/h10-13,17H,8-9,14-15H2,1-7H3. The third-order valence-electron chi connectivity index (χ3n) is 7.26. The zero-order chi connectivity index (χ0) is 27.0. The fraction of sp³-hybridized carbons (Fsp3) is 0.538. The second kappa shape index (κ2) is 8.70. The van der Waals surface area contributed by atoms with E-state index in [1.165, 1.54) is 33.3 Å². The van der Waals surface area contributed by atoms with Gasteiger partial charge >= 0.3 is 0 Å². The molecule has 2 heterocycles. The molecule has 0 bridgehead atoms. The molecule has 2 aliphatic heterocycles. The summed E-state index contributed by atoms with van der Waals surface area (Å²) in [5, 5.41) is 0. The maximum absolute atomic E-state index is 14.9. The topological polar surface area (TPSA) is 74.8 Å². The Labute approximate surface area is 223 Å². The predicted molar refractivity (Wildman–Crippen MR) is 148 cm³/mol. The molecule has 198 valence electrons. The highest BCUT2D eigenvalue weighted by atomic mass is 79.9. The Hall–Kier alpha value is -1.65. The maximum Gasteiger partial charge on any atom is 0.232 e. The first-order valence-corrected chi connectivity index (χ1v) is 16.4. The van der Waals surface area contributed by atoms with Crippen molar-refractivity contribution >= 4 is 47.4 Å². The van der Waals surface area contributed by atoms with Crippen molar-refractivity contribution < 1.29 is 21.2 Å². The molecule has 2 aromatic rings. The molecule has 0 spiro atoms. The summed E-state index contributed by atoms with van der Waals surface area (Å²) in [4.78, 5) is 0. The number of rotatable bonds is 5. The van der Waals surface area contributed by atoms with Crippen LogP contribution in [0.15, 0.2) is 28.7 Å². The van der Waals surface area contributed by atoms with E-state index >= 15 is 0 Å². The van der Waals surface area contributed by atoms with Gasteiger partial charge in [0.05, 0.1) is 23.9 Å². The van der Waals surface area contributed by atoms with E-state index in [0.29, 0.717) is 41.9 Å². The Bertz CT molecular complexity index is 1450. The Kier molecular flexibility index (Phi) is 6.62. The molecule has 2 aliphatic rings. The molecule has 4 rings (SSSR count). The summed E-state index contributed by atoms with van der Waals surface area (Å²) in [5.41, 5.74) is 3.47. The van der Waals surface area contributed by atoms with Crippen LogP contribution in [-0.4, -0.2) is 42.4 Å². The zero-order valence-corrected chi connectivity index (χ0v) is 25.0. The largest absolute Gasteiger partial charge is 0.270 e. The first-order chi connectivity index (χ1) is 16.3. The monoisotopic (exact) mass is 600 g/mol. The van der Waals surface area contributed by atoms with E-state index in [0.717, 1.165) is 15.6 Å². The zero-order valence-electron chi connectivity index (χ0n) is 21.8. The van der Waals surface area contributed by atoms with E-state index in [2.05, 4.69) is 15.9 Å². The molecule has 0 saturated heterocycles. The lowest BCUT2D eigenvalue weighted by Crippen LogP contribution is -2.33. The minimum Gasteiger partial charge on any atom is -0.270 e. The lowest BCUT2D eigenvalue weighted by molar-refractivity contribution is 0.435. The minimum atomic E-state index is -3.59. The van der Waals surface area contributed by atoms with Gasteiger partial charge in [-0.15, -0.1) is 0 Å². The van der Waals surface area contributed by atoms with Crippen LogP contribution in [0.1, 0.15) is 69.2 Å². The van der Waals surface area contributed by atoms with Crippen molar-refractivity contribution in [2.24, 2.45) is 0 Å². The molecule has 0 saturated carbocycles. The summed E-state index contributed by atoms with van der Waals surface area (Å²) in [6, 6.07) is 6.82. The molecule has 6 nitrogen and oxygen atoms in total. The normalized spacial score (nSPS) is 18.5. The smallest absolute Gasteiger partial charge is 0.232 e. The van der Waals surface area contributed by atoms with Crippen molar-refractivity contribution in [2.75, 3.05) is 34.2 Å². The third kappa shape index (κ3) is 4.92. The van der Waals surface area contributed by atoms with E-state index in [9.17, 15) is 21.2 Å². The van der Waals surface area contributed by atoms with Crippen LogP contribution >= 0.6 is 15.9 Å². The van der Waals surface area contributed by atoms with Crippen LogP contribution in [0.5, 0.6) is 0 Å². The lowest BCUT2D eigenvalue weighted by atomic mass is 9.74. The molecule has 0 fully saturated rings. The van der Waals surface area contributed by atoms with Crippen LogP contribution in [0.25, 0.3) is 0 Å². The van der Waals surface area contributed by atoms with Gasteiger partial charge in [-0.1, -0.05) is 50.5 Å². The summed E-state index contributed by atoms with van der Waals surface area (Å²) >= 11 is 3.59. The number of sulfonamides is 2. The highest BCUT2D eigenvalue weighted by Gasteiger charge is 2.42. The predicted octanol–water partition coefficient (Wildman–Crippen LogP) is 5.44. The molecule has 1 unspecified atom stereocenters. The maximum atomic E-state index is 14.9. The van der Waals surface area contributed by atoms with Crippen LogP contribution in [0, 0.1) is 5.82 Å². The number of hydrogen-bond donors (Lipinski definition) is 0. The fourth-order valence-corrected chi connectivity index (χ4v) is 8.16. The Morgan fingerprint density at radius 1 is 0.917 bits per heavy atom. The molecule has 0 N–H and O–H groups in total. The molecule has 1 atom stereocenters. The summed E-state index contributed by atoms with van der Waals surface area (Å²) in [5.74, 6) is -0.646. The van der Waals surface area contributed by atoms with Gasteiger partial charge in [-0.2, -0.15) is 0 Å². The number of nitrogens with zero attached hydrogens (tertiary/aromatic N) is 2. The van der Waals surface area contributed by atoms with E-state index in [-0.39, 0.29) is 18.3 Å². The van der Waals surface area contributed by atoms with Crippen LogP contribution in [0.3, 0.4) is 0 Å². The first-order valence-electron chi connectivity index (χ1n) is 11.9. The van der Waals surface area contributed by atoms with Crippen molar-refractivity contribution in [2.45, 2.75) is 64.2 Å². The second-order valence-corrected chi connectivity index (χ2v) is 16.5. The van der Waals surface area contributed by atoms with Gasteiger partial charge in [-0.05, 0) is 70.2 Å². The summed E-state index contributed by atoms with van der Waals surface area (Å²) in [6.07, 6.45) is 3.54. The van der Waals surface area contributed by atoms with Gasteiger partial charge in [-0.25, -0.2) is 21.2 Å². The Balaban J connectivity index is 1.85. The van der Waals surface area contributed by atoms with Gasteiger partial charge in [0.25, 0.3) is 0 Å². The molecule has 0 aliphatic carbocycles. The van der Waals surface area contributed by atoms with E-state index in [4.69, 9.17) is 0 Å². The van der Waals surface area contributed by atoms with Crippen LogP contribution < -0.4 is 8.61 Å². The summed E-state index contributed by atoms with van der Waals surface area (Å²) in [6.45, 7) is 10.5. The molecular formula is C26H34BrFN2O4S2. The molecule has 36 heavy (non-hydrogen) atoms. The Morgan fingerprint density at radius 3 is 2.08 bits per heavy atom. The quantitative estimate of drug-likeness (QED) is 0.458. The van der Waals surface area contributed by atoms with Gasteiger partial charge in [0, 0.05) is 23.5 Å². The van der Waals surface area contributed by atoms with Gasteiger partial charge in [0.2, 0.25) is 20.0 Å². The number of anilines is 2. The van der Waals surface area contributed by atoms with Crippen molar-refractivity contribution in [1.82, 2.24) is 0 Å². The highest BCUT2D eigenvalue weighted by Crippen LogP contribution is 2.51. The van der Waals surface area contributed by atoms with Gasteiger partial charge in [0.15, 0.2) is 0 Å². The van der Waals surface area contributed by atoms with Gasteiger partial charge in [-0.3, -0.25) is 8.61 Å². The van der Waals surface area contributed by atoms with E-state index in [1.54, 1.807) is 0 Å². The SMILES string of the molecule is CC(C)(C)c1cc(F)cc2c1N(S(C)(=O)=O)CC2CC(C)(C)c1cc(Br)cc2c1N(S(C)(=O)=O)CC2. The van der Waals surface area contributed by atoms with Crippen molar-refractivity contribution in [1.29, 1.82) is 0 Å². The van der Waals surface area contributed by atoms with Crippen LogP contribution in [0.4, 0.5) is 15.8 Å². The molecule has 10 heteroatoms. The fourth-order valence-electron chi connectivity index (χ4n) is 5.70.